The topological polar surface area (TPSA) is 78.5 Å². The Labute approximate surface area is 203 Å². The van der Waals surface area contributed by atoms with Gasteiger partial charge in [-0.1, -0.05) is 50.6 Å². The predicted octanol–water partition coefficient (Wildman–Crippen LogP) is 4.02. The van der Waals surface area contributed by atoms with Crippen LogP contribution in [0.2, 0.25) is 0 Å². The fourth-order valence-corrected chi connectivity index (χ4v) is 6.23. The molecule has 2 heterocycles. The second-order valence-electron chi connectivity index (χ2n) is 9.49. The van der Waals surface area contributed by atoms with Gasteiger partial charge in [-0.15, -0.1) is 11.8 Å². The molecule has 0 radical (unpaired) electrons. The second kappa shape index (κ2) is 9.41. The predicted molar refractivity (Wildman–Crippen MR) is 130 cm³/mol. The quantitative estimate of drug-likeness (QED) is 0.624. The van der Waals surface area contributed by atoms with Gasteiger partial charge in [-0.2, -0.15) is 0 Å². The van der Waals surface area contributed by atoms with Gasteiger partial charge in [0.15, 0.2) is 0 Å². The molecular weight excluding hydrogens is 453 g/mol. The maximum absolute atomic E-state index is 13.6. The van der Waals surface area contributed by atoms with Crippen molar-refractivity contribution in [2.24, 2.45) is 5.92 Å². The molecule has 4 atom stereocenters. The van der Waals surface area contributed by atoms with Gasteiger partial charge in [0, 0.05) is 16.9 Å². The summed E-state index contributed by atoms with van der Waals surface area (Å²) in [6.07, 6.45) is 0.689. The molecule has 2 N–H and O–H groups in total. The van der Waals surface area contributed by atoms with Crippen molar-refractivity contribution in [1.82, 2.24) is 15.5 Å². The van der Waals surface area contributed by atoms with Crippen molar-refractivity contribution < 1.29 is 18.8 Å². The normalized spacial score (nSPS) is 22.0. The fraction of sp³-hybridized carbons (Fsp3) is 0.423. The van der Waals surface area contributed by atoms with Crippen LogP contribution in [0, 0.1) is 11.7 Å². The van der Waals surface area contributed by atoms with Crippen molar-refractivity contribution in [3.63, 3.8) is 0 Å². The fourth-order valence-electron chi connectivity index (χ4n) is 4.64. The molecule has 6 nitrogen and oxygen atoms in total. The van der Waals surface area contributed by atoms with E-state index in [4.69, 9.17) is 0 Å². The Kier molecular flexibility index (Phi) is 6.71. The molecule has 0 aliphatic carbocycles. The smallest absolute Gasteiger partial charge is 0.256 e. The number of carbonyl (C=O) groups excluding carboxylic acids is 3. The maximum atomic E-state index is 13.6. The zero-order valence-electron chi connectivity index (χ0n) is 19.8. The Morgan fingerprint density at radius 3 is 2.50 bits per heavy atom. The average Bonchev–Trinajstić information content (AvgIpc) is 3.25. The van der Waals surface area contributed by atoms with Crippen LogP contribution in [0.1, 0.15) is 61.0 Å². The number of nitrogens with one attached hydrogen (secondary N) is 2. The molecule has 0 unspecified atom stereocenters. The van der Waals surface area contributed by atoms with Crippen molar-refractivity contribution in [2.45, 2.75) is 62.9 Å². The lowest BCUT2D eigenvalue weighted by Crippen LogP contribution is -2.58. The number of hydrogen-bond acceptors (Lipinski definition) is 4. The molecule has 2 aliphatic rings. The van der Waals surface area contributed by atoms with Gasteiger partial charge in [0.1, 0.15) is 23.3 Å². The van der Waals surface area contributed by atoms with Gasteiger partial charge < -0.3 is 15.5 Å². The molecule has 2 aromatic carbocycles. The summed E-state index contributed by atoms with van der Waals surface area (Å²) in [5.74, 6) is -1.24. The summed E-state index contributed by atoms with van der Waals surface area (Å²) in [6.45, 7) is 8.03. The van der Waals surface area contributed by atoms with E-state index < -0.39 is 16.8 Å². The van der Waals surface area contributed by atoms with Crippen molar-refractivity contribution >= 4 is 29.5 Å². The third-order valence-corrected chi connectivity index (χ3v) is 8.25. The number of carbonyl (C=O) groups is 3. The molecule has 1 fully saturated rings. The van der Waals surface area contributed by atoms with Crippen LogP contribution >= 0.6 is 11.8 Å². The van der Waals surface area contributed by atoms with Gasteiger partial charge in [-0.05, 0) is 49.1 Å². The molecule has 4 rings (SSSR count). The monoisotopic (exact) mass is 483 g/mol. The van der Waals surface area contributed by atoms with Crippen LogP contribution in [0.4, 0.5) is 4.39 Å². The third kappa shape index (κ3) is 4.43. The van der Waals surface area contributed by atoms with Crippen LogP contribution in [-0.4, -0.2) is 39.5 Å². The highest BCUT2D eigenvalue weighted by molar-refractivity contribution is 8.01. The number of halogens is 1. The lowest BCUT2D eigenvalue weighted by atomic mass is 9.95. The molecule has 3 amide bonds. The Hall–Kier alpha value is -2.87. The van der Waals surface area contributed by atoms with E-state index in [0.29, 0.717) is 12.0 Å². The molecule has 0 aromatic heterocycles. The molecule has 1 saturated heterocycles. The Morgan fingerprint density at radius 2 is 1.82 bits per heavy atom. The number of nitrogens with zero attached hydrogens (tertiary/aromatic N) is 1. The average molecular weight is 484 g/mol. The lowest BCUT2D eigenvalue weighted by Gasteiger charge is -2.32. The Morgan fingerprint density at radius 1 is 1.15 bits per heavy atom. The Bertz CT molecular complexity index is 1100. The van der Waals surface area contributed by atoms with Gasteiger partial charge in [0.05, 0.1) is 0 Å². The number of rotatable bonds is 7. The number of benzene rings is 2. The number of hydrogen-bond donors (Lipinski definition) is 2. The minimum Gasteiger partial charge on any atom is -0.350 e. The summed E-state index contributed by atoms with van der Waals surface area (Å²) in [5, 5.41) is 5.59. The van der Waals surface area contributed by atoms with Crippen molar-refractivity contribution in [1.29, 1.82) is 0 Å². The van der Waals surface area contributed by atoms with E-state index in [1.54, 1.807) is 34.9 Å². The molecule has 0 bridgehead atoms. The minimum absolute atomic E-state index is 0.114. The van der Waals surface area contributed by atoms with Crippen molar-refractivity contribution in [2.75, 3.05) is 0 Å². The summed E-state index contributed by atoms with van der Waals surface area (Å²) in [7, 11) is 0. The van der Waals surface area contributed by atoms with E-state index in [1.807, 2.05) is 45.9 Å². The first-order chi connectivity index (χ1) is 16.1. The highest BCUT2D eigenvalue weighted by atomic mass is 32.2. The lowest BCUT2D eigenvalue weighted by molar-refractivity contribution is -0.133. The number of fused-ring (bicyclic) bond motifs is 3. The first-order valence-corrected chi connectivity index (χ1v) is 12.4. The molecular formula is C26H30FN3O3S. The summed E-state index contributed by atoms with van der Waals surface area (Å²) in [6, 6.07) is 11.9. The zero-order valence-corrected chi connectivity index (χ0v) is 20.6. The van der Waals surface area contributed by atoms with Crippen LogP contribution < -0.4 is 10.6 Å². The second-order valence-corrected chi connectivity index (χ2v) is 11.2. The van der Waals surface area contributed by atoms with E-state index in [0.717, 1.165) is 11.1 Å². The first kappa shape index (κ1) is 24.3. The Balaban J connectivity index is 1.51. The van der Waals surface area contributed by atoms with Crippen LogP contribution in [0.15, 0.2) is 48.5 Å². The molecule has 8 heteroatoms. The summed E-state index contributed by atoms with van der Waals surface area (Å²) < 4.78 is 12.6. The largest absolute Gasteiger partial charge is 0.350 e. The highest BCUT2D eigenvalue weighted by Gasteiger charge is 2.57. The maximum Gasteiger partial charge on any atom is 0.256 e. The molecule has 34 heavy (non-hydrogen) atoms. The van der Waals surface area contributed by atoms with Gasteiger partial charge in [0.25, 0.3) is 5.91 Å². The number of thioether (sulfide) groups is 1. The number of amides is 3. The van der Waals surface area contributed by atoms with Gasteiger partial charge in [-0.3, -0.25) is 14.4 Å². The SMILES string of the molecule is CC[C@@H](C)[C@H](NC(=O)[C@H]1N2C(=O)c3ccccc3[C@@H]2SC1(C)C)C(=O)NCc1ccc(F)cc1. The van der Waals surface area contributed by atoms with E-state index in [1.165, 1.54) is 12.1 Å². The molecule has 0 saturated carbocycles. The van der Waals surface area contributed by atoms with Crippen LogP contribution in [0.25, 0.3) is 0 Å². The van der Waals surface area contributed by atoms with E-state index in [2.05, 4.69) is 10.6 Å². The minimum atomic E-state index is -0.752. The van der Waals surface area contributed by atoms with Crippen LogP contribution in [0.5, 0.6) is 0 Å². The summed E-state index contributed by atoms with van der Waals surface area (Å²) >= 11 is 1.59. The first-order valence-electron chi connectivity index (χ1n) is 11.6. The van der Waals surface area contributed by atoms with Crippen LogP contribution in [-0.2, 0) is 16.1 Å². The van der Waals surface area contributed by atoms with E-state index in [9.17, 15) is 18.8 Å². The molecule has 0 spiro atoms. The van der Waals surface area contributed by atoms with Gasteiger partial charge >= 0.3 is 0 Å². The van der Waals surface area contributed by atoms with Crippen molar-refractivity contribution in [3.8, 4) is 0 Å². The summed E-state index contributed by atoms with van der Waals surface area (Å²) in [5.41, 5.74) is 2.32. The third-order valence-electron chi connectivity index (χ3n) is 6.72. The van der Waals surface area contributed by atoms with Crippen molar-refractivity contribution in [3.05, 3.63) is 71.0 Å². The molecule has 2 aromatic rings. The standard InChI is InChI=1S/C26H30FN3O3S/c1-5-15(2)20(22(31)28-14-16-10-12-17(27)13-11-16)29-23(32)21-26(3,4)34-25-19-9-7-6-8-18(19)24(33)30(21)25/h6-13,15,20-21,25H,5,14H2,1-4H3,(H,28,31)(H,29,32)/t15-,20+,21-,25+/m1/s1. The van der Waals surface area contributed by atoms with Gasteiger partial charge in [0.2, 0.25) is 11.8 Å². The zero-order chi connectivity index (χ0) is 24.6. The van der Waals surface area contributed by atoms with E-state index in [-0.39, 0.29) is 41.4 Å². The van der Waals surface area contributed by atoms with Gasteiger partial charge in [-0.25, -0.2) is 4.39 Å². The molecule has 180 valence electrons. The molecule has 2 aliphatic heterocycles. The van der Waals surface area contributed by atoms with Crippen LogP contribution in [0.3, 0.4) is 0 Å². The van der Waals surface area contributed by atoms with E-state index >= 15 is 0 Å². The summed E-state index contributed by atoms with van der Waals surface area (Å²) in [4.78, 5) is 41.5. The highest BCUT2D eigenvalue weighted by Crippen LogP contribution is 2.56.